The largest absolute Gasteiger partial charge is 0.509 e. The third kappa shape index (κ3) is 6.46. The van der Waals surface area contributed by atoms with E-state index in [0.29, 0.717) is 30.1 Å². The van der Waals surface area contributed by atoms with Gasteiger partial charge in [-0.15, -0.1) is 0 Å². The molecule has 256 valence electrons. The van der Waals surface area contributed by atoms with Crippen molar-refractivity contribution in [3.05, 3.63) is 29.0 Å². The van der Waals surface area contributed by atoms with Crippen LogP contribution in [-0.4, -0.2) is 115 Å². The van der Waals surface area contributed by atoms with Crippen LogP contribution >= 0.6 is 0 Å². The monoisotopic (exact) mass is 657 g/mol. The van der Waals surface area contributed by atoms with Crippen molar-refractivity contribution in [1.82, 2.24) is 20.4 Å². The molecule has 2 aliphatic heterocycles. The molecule has 1 fully saturated rings. The molecule has 5 rings (SSSR count). The van der Waals surface area contributed by atoms with E-state index < -0.39 is 47.9 Å². The number of allylic oxidation sites excluding steroid dienone is 1. The van der Waals surface area contributed by atoms with Gasteiger partial charge in [-0.3, -0.25) is 19.4 Å². The molecular formula is C31H43N7O9. The van der Waals surface area contributed by atoms with E-state index in [1.807, 2.05) is 6.08 Å². The van der Waals surface area contributed by atoms with Crippen LogP contribution < -0.4 is 36.3 Å². The molecule has 0 radical (unpaired) electrons. The highest BCUT2D eigenvalue weighted by Gasteiger charge is 2.65. The average Bonchev–Trinajstić information content (AvgIpc) is 3.36. The fraction of sp³-hybridized carbons (Fsp3) is 0.581. The lowest BCUT2D eigenvalue weighted by molar-refractivity contribution is -0.141. The highest BCUT2D eigenvalue weighted by molar-refractivity contribution is 5.96. The number of aliphatic imine (C=N–C) groups is 1. The van der Waals surface area contributed by atoms with Gasteiger partial charge >= 0.3 is 12.1 Å². The van der Waals surface area contributed by atoms with Crippen molar-refractivity contribution in [1.29, 1.82) is 0 Å². The molecule has 1 aromatic carbocycles. The summed E-state index contributed by atoms with van der Waals surface area (Å²) in [6.07, 6.45) is 2.54. The number of nitrogens with two attached hydrogens (primary N) is 2. The Labute approximate surface area is 272 Å². The van der Waals surface area contributed by atoms with Crippen LogP contribution in [0.1, 0.15) is 43.2 Å². The molecule has 0 unspecified atom stereocenters. The summed E-state index contributed by atoms with van der Waals surface area (Å²) in [7, 11) is 5.15. The Hall–Kier alpha value is -4.73. The summed E-state index contributed by atoms with van der Waals surface area (Å²) in [5.41, 5.74) is 12.0. The third-order valence-corrected chi connectivity index (χ3v) is 9.70. The van der Waals surface area contributed by atoms with Crippen molar-refractivity contribution in [2.75, 3.05) is 47.4 Å². The smallest absolute Gasteiger partial charge is 0.415 e. The zero-order valence-electron chi connectivity index (χ0n) is 26.8. The summed E-state index contributed by atoms with van der Waals surface area (Å²) in [4.78, 5) is 56.7. The maximum Gasteiger partial charge on any atom is 0.415 e. The average molecular weight is 658 g/mol. The molecule has 0 aromatic heterocycles. The van der Waals surface area contributed by atoms with E-state index in [0.717, 1.165) is 30.5 Å². The highest BCUT2D eigenvalue weighted by Crippen LogP contribution is 2.65. The van der Waals surface area contributed by atoms with Gasteiger partial charge in [0.25, 0.3) is 0 Å². The normalized spacial score (nSPS) is 24.1. The van der Waals surface area contributed by atoms with Crippen molar-refractivity contribution in [2.24, 2.45) is 22.4 Å². The van der Waals surface area contributed by atoms with Crippen LogP contribution in [0.15, 0.2) is 22.9 Å². The van der Waals surface area contributed by atoms with E-state index in [4.69, 9.17) is 30.8 Å². The van der Waals surface area contributed by atoms with Gasteiger partial charge in [-0.25, -0.2) is 4.79 Å². The van der Waals surface area contributed by atoms with Gasteiger partial charge in [0.15, 0.2) is 23.6 Å². The summed E-state index contributed by atoms with van der Waals surface area (Å²) in [6.45, 7) is 1.17. The molecule has 47 heavy (non-hydrogen) atoms. The number of carbonyl (C=O) groups excluding carboxylic acids is 3. The molecule has 16 nitrogen and oxygen atoms in total. The SMILES string of the molecule is COc1cc(OC(=O)N(C)CCNC(=O)[C@H](CCCN=C(N)N)NC(=O)CC(=O)O)c2c3c1O[C@H]1C(O)=CC[C@H]4[C@@H](C2)N(C)CC[C@]314. The number of guanidine groups is 1. The van der Waals surface area contributed by atoms with Gasteiger partial charge in [-0.05, 0) is 57.7 Å². The number of hydrogen-bond acceptors (Lipinski definition) is 10. The van der Waals surface area contributed by atoms with Crippen molar-refractivity contribution in [3.63, 3.8) is 0 Å². The number of nitrogens with one attached hydrogen (secondary N) is 2. The number of carboxylic acid groups (broad SMARTS) is 1. The molecule has 2 bridgehead atoms. The van der Waals surface area contributed by atoms with Gasteiger partial charge in [0.1, 0.15) is 24.0 Å². The minimum absolute atomic E-state index is 0.0305. The first kappa shape index (κ1) is 33.6. The van der Waals surface area contributed by atoms with Gasteiger partial charge < -0.3 is 56.3 Å². The Bertz CT molecular complexity index is 1490. The minimum Gasteiger partial charge on any atom is -0.509 e. The highest BCUT2D eigenvalue weighted by atomic mass is 16.6. The summed E-state index contributed by atoms with van der Waals surface area (Å²) < 4.78 is 18.1. The van der Waals surface area contributed by atoms with Crippen LogP contribution in [0.3, 0.4) is 0 Å². The lowest BCUT2D eigenvalue weighted by Crippen LogP contribution is -2.63. The van der Waals surface area contributed by atoms with E-state index in [-0.39, 0.29) is 49.7 Å². The second kappa shape index (κ2) is 13.6. The fourth-order valence-corrected chi connectivity index (χ4v) is 7.50. The quantitative estimate of drug-likeness (QED) is 0.0711. The van der Waals surface area contributed by atoms with Crippen molar-refractivity contribution in [2.45, 2.75) is 62.1 Å². The van der Waals surface area contributed by atoms with Crippen LogP contribution in [0, 0.1) is 5.92 Å². The molecule has 2 aliphatic carbocycles. The molecule has 4 aliphatic rings. The number of nitrogens with zero attached hydrogens (tertiary/aromatic N) is 3. The van der Waals surface area contributed by atoms with Gasteiger partial charge in [0.2, 0.25) is 11.8 Å². The Balaban J connectivity index is 1.26. The number of likely N-dealkylation sites (N-methyl/N-ethyl adjacent to an activating group) is 2. The number of ether oxygens (including phenoxy) is 3. The number of hydrogen-bond donors (Lipinski definition) is 6. The van der Waals surface area contributed by atoms with Gasteiger partial charge in [-0.1, -0.05) is 0 Å². The van der Waals surface area contributed by atoms with Crippen molar-refractivity contribution < 1.29 is 43.6 Å². The summed E-state index contributed by atoms with van der Waals surface area (Å²) >= 11 is 0. The fourth-order valence-electron chi connectivity index (χ4n) is 7.50. The number of rotatable bonds is 13. The Morgan fingerprint density at radius 3 is 2.74 bits per heavy atom. The lowest BCUT2D eigenvalue weighted by atomic mass is 9.53. The number of benzene rings is 1. The number of carboxylic acids is 1. The first-order chi connectivity index (χ1) is 22.4. The number of methoxy groups -OCH3 is 1. The summed E-state index contributed by atoms with van der Waals surface area (Å²) in [5, 5.41) is 24.9. The lowest BCUT2D eigenvalue weighted by Gasteiger charge is -2.56. The van der Waals surface area contributed by atoms with Gasteiger partial charge in [0.05, 0.1) is 7.11 Å². The number of amides is 3. The molecule has 8 N–H and O–H groups in total. The predicted octanol–water partition coefficient (Wildman–Crippen LogP) is -0.0241. The van der Waals surface area contributed by atoms with Crippen LogP contribution in [-0.2, 0) is 26.2 Å². The molecule has 1 aromatic rings. The maximum absolute atomic E-state index is 13.3. The van der Waals surface area contributed by atoms with Crippen molar-refractivity contribution >= 4 is 29.8 Å². The number of aliphatic carboxylic acids is 1. The zero-order chi connectivity index (χ0) is 34.0. The molecular weight excluding hydrogens is 614 g/mol. The van der Waals surface area contributed by atoms with Crippen LogP contribution in [0.25, 0.3) is 0 Å². The molecule has 5 atom stereocenters. The standard InChI is InChI=1S/C31H43N7O9/c1-37-11-8-31-17-6-7-20(39)27(31)47-26-22(45-3)14-21(16(25(26)31)13-19(17)37)46-30(44)38(2)12-10-34-28(43)18(5-4-9-35-29(32)33)36-23(40)15-24(41)42/h7,14,17-19,27,39H,4-6,8-13,15H2,1-3H3,(H,34,43)(H,36,40)(H,41,42)(H4,32,33,35)/t17-,18-,19+,27-,31-/m0/s1. The summed E-state index contributed by atoms with van der Waals surface area (Å²) in [6, 6.07) is 0.792. The van der Waals surface area contributed by atoms with Crippen molar-refractivity contribution in [3.8, 4) is 17.2 Å². The number of carbonyl (C=O) groups is 4. The Kier molecular flexibility index (Phi) is 9.70. The first-order valence-corrected chi connectivity index (χ1v) is 15.6. The maximum atomic E-state index is 13.3. The second-order valence-electron chi connectivity index (χ2n) is 12.5. The molecule has 3 amide bonds. The summed E-state index contributed by atoms with van der Waals surface area (Å²) in [5.74, 6) is -0.992. The minimum atomic E-state index is -1.33. The number of aliphatic hydroxyl groups is 1. The predicted molar refractivity (Wildman–Crippen MR) is 168 cm³/mol. The third-order valence-electron chi connectivity index (χ3n) is 9.70. The van der Waals surface area contributed by atoms with Gasteiger partial charge in [0, 0.05) is 55.3 Å². The first-order valence-electron chi connectivity index (χ1n) is 15.6. The van der Waals surface area contributed by atoms with E-state index in [1.54, 1.807) is 6.07 Å². The number of aliphatic hydroxyl groups excluding tert-OH is 1. The van der Waals surface area contributed by atoms with E-state index >= 15 is 0 Å². The van der Waals surface area contributed by atoms with Crippen LogP contribution in [0.5, 0.6) is 17.2 Å². The molecule has 16 heteroatoms. The zero-order valence-corrected chi connectivity index (χ0v) is 26.8. The number of likely N-dealkylation sites (tertiary alicyclic amines) is 1. The van der Waals surface area contributed by atoms with E-state index in [1.165, 1.54) is 19.1 Å². The topological polar surface area (TPSA) is 231 Å². The van der Waals surface area contributed by atoms with Gasteiger partial charge in [-0.2, -0.15) is 0 Å². The van der Waals surface area contributed by atoms with Crippen LogP contribution in [0.2, 0.25) is 0 Å². The molecule has 1 saturated heterocycles. The second-order valence-corrected chi connectivity index (χ2v) is 12.5. The van der Waals surface area contributed by atoms with E-state index in [2.05, 4.69) is 27.6 Å². The Morgan fingerprint density at radius 2 is 2.04 bits per heavy atom. The van der Waals surface area contributed by atoms with Crippen LogP contribution in [0.4, 0.5) is 4.79 Å². The number of piperidine rings is 1. The molecule has 1 spiro atoms. The molecule has 0 saturated carbocycles. The van der Waals surface area contributed by atoms with E-state index in [9.17, 15) is 24.3 Å². The molecule has 2 heterocycles. The Morgan fingerprint density at radius 1 is 1.28 bits per heavy atom.